The van der Waals surface area contributed by atoms with Gasteiger partial charge in [-0.15, -0.1) is 0 Å². The molecule has 2 aliphatic carbocycles. The molecule has 2 saturated carbocycles. The van der Waals surface area contributed by atoms with E-state index in [0.29, 0.717) is 18.4 Å². The maximum atomic E-state index is 14.4. The number of benzene rings is 1. The fourth-order valence-corrected chi connectivity index (χ4v) is 6.58. The molecule has 1 unspecified atom stereocenters. The highest BCUT2D eigenvalue weighted by Gasteiger charge is 2.37. The lowest BCUT2D eigenvalue weighted by atomic mass is 9.68. The van der Waals surface area contributed by atoms with Crippen LogP contribution in [0.3, 0.4) is 0 Å². The fourth-order valence-electron chi connectivity index (χ4n) is 6.58. The smallest absolute Gasteiger partial charge is 0.160 e. The first-order valence-electron chi connectivity index (χ1n) is 13.0. The van der Waals surface area contributed by atoms with Crippen LogP contribution in [-0.2, 0) is 14.2 Å². The van der Waals surface area contributed by atoms with Gasteiger partial charge in [0, 0.05) is 11.8 Å². The molecule has 178 valence electrons. The number of hydrogen-bond donors (Lipinski definition) is 0. The second-order valence-corrected chi connectivity index (χ2v) is 10.7. The van der Waals surface area contributed by atoms with Gasteiger partial charge in [0.2, 0.25) is 0 Å². The molecule has 5 heteroatoms. The SMILES string of the molecule is CCCC1COC(C2CCC(C3CCC(c4cc(F)c(C5CO5)c(F)c4)CC3)CC2)OC1. The Balaban J connectivity index is 1.08. The third-order valence-corrected chi connectivity index (χ3v) is 8.56. The summed E-state index contributed by atoms with van der Waals surface area (Å²) < 4.78 is 46.1. The van der Waals surface area contributed by atoms with Crippen molar-refractivity contribution in [3.05, 3.63) is 34.9 Å². The summed E-state index contributed by atoms with van der Waals surface area (Å²) in [5.41, 5.74) is 0.950. The summed E-state index contributed by atoms with van der Waals surface area (Å²) in [5, 5.41) is 0. The van der Waals surface area contributed by atoms with E-state index in [1.165, 1.54) is 51.4 Å². The van der Waals surface area contributed by atoms with Gasteiger partial charge in [-0.05, 0) is 93.2 Å². The molecule has 4 fully saturated rings. The van der Waals surface area contributed by atoms with E-state index in [1.807, 2.05) is 0 Å². The topological polar surface area (TPSA) is 31.0 Å². The third-order valence-electron chi connectivity index (χ3n) is 8.56. The quantitative estimate of drug-likeness (QED) is 0.443. The first-order valence-corrected chi connectivity index (χ1v) is 13.0. The van der Waals surface area contributed by atoms with E-state index in [0.717, 1.165) is 43.5 Å². The average molecular weight is 449 g/mol. The van der Waals surface area contributed by atoms with Crippen LogP contribution in [0.5, 0.6) is 0 Å². The minimum absolute atomic E-state index is 0.00796. The van der Waals surface area contributed by atoms with E-state index in [2.05, 4.69) is 6.92 Å². The summed E-state index contributed by atoms with van der Waals surface area (Å²) in [5.74, 6) is 2.07. The predicted octanol–water partition coefficient (Wildman–Crippen LogP) is 6.91. The van der Waals surface area contributed by atoms with Crippen molar-refractivity contribution in [1.29, 1.82) is 0 Å². The summed E-state index contributed by atoms with van der Waals surface area (Å²) >= 11 is 0. The van der Waals surface area contributed by atoms with Crippen LogP contribution in [0.15, 0.2) is 12.1 Å². The van der Waals surface area contributed by atoms with Gasteiger partial charge in [0.05, 0.1) is 25.4 Å². The van der Waals surface area contributed by atoms with E-state index < -0.39 is 11.6 Å². The van der Waals surface area contributed by atoms with Gasteiger partial charge in [-0.2, -0.15) is 0 Å². The van der Waals surface area contributed by atoms with Crippen molar-refractivity contribution in [3.63, 3.8) is 0 Å². The number of hydrogen-bond acceptors (Lipinski definition) is 3. The van der Waals surface area contributed by atoms with E-state index in [-0.39, 0.29) is 23.9 Å². The van der Waals surface area contributed by atoms with Crippen molar-refractivity contribution < 1.29 is 23.0 Å². The van der Waals surface area contributed by atoms with Crippen molar-refractivity contribution in [2.24, 2.45) is 23.7 Å². The summed E-state index contributed by atoms with van der Waals surface area (Å²) in [6.07, 6.45) is 11.4. The number of epoxide rings is 1. The van der Waals surface area contributed by atoms with Gasteiger partial charge in [0.15, 0.2) is 6.29 Å². The molecule has 2 aliphatic heterocycles. The van der Waals surface area contributed by atoms with Gasteiger partial charge in [-0.1, -0.05) is 13.3 Å². The largest absolute Gasteiger partial charge is 0.368 e. The summed E-state index contributed by atoms with van der Waals surface area (Å²) in [6.45, 7) is 4.37. The Labute approximate surface area is 191 Å². The average Bonchev–Trinajstić information content (AvgIpc) is 3.65. The second-order valence-electron chi connectivity index (χ2n) is 10.7. The van der Waals surface area contributed by atoms with E-state index in [4.69, 9.17) is 14.2 Å². The highest BCUT2D eigenvalue weighted by atomic mass is 19.1. The summed E-state index contributed by atoms with van der Waals surface area (Å²) in [6, 6.07) is 3.12. The zero-order chi connectivity index (χ0) is 22.1. The zero-order valence-corrected chi connectivity index (χ0v) is 19.4. The first-order chi connectivity index (χ1) is 15.6. The van der Waals surface area contributed by atoms with Crippen LogP contribution in [0.1, 0.15) is 94.3 Å². The molecule has 0 bridgehead atoms. The lowest BCUT2D eigenvalue weighted by Gasteiger charge is -2.41. The van der Waals surface area contributed by atoms with Crippen molar-refractivity contribution >= 4 is 0 Å². The van der Waals surface area contributed by atoms with Crippen molar-refractivity contribution in [3.8, 4) is 0 Å². The molecule has 1 aromatic carbocycles. The molecule has 2 saturated heterocycles. The van der Waals surface area contributed by atoms with Gasteiger partial charge in [0.1, 0.15) is 17.7 Å². The third kappa shape index (κ3) is 5.05. The molecule has 0 radical (unpaired) electrons. The molecule has 0 amide bonds. The van der Waals surface area contributed by atoms with Gasteiger partial charge < -0.3 is 14.2 Å². The molecule has 2 heterocycles. The van der Waals surface area contributed by atoms with Crippen molar-refractivity contribution in [2.45, 2.75) is 89.4 Å². The molecular weight excluding hydrogens is 410 g/mol. The molecule has 4 aliphatic rings. The van der Waals surface area contributed by atoms with Crippen LogP contribution >= 0.6 is 0 Å². The van der Waals surface area contributed by atoms with Gasteiger partial charge in [0.25, 0.3) is 0 Å². The fraction of sp³-hybridized carbons (Fsp3) is 0.778. The van der Waals surface area contributed by atoms with Crippen LogP contribution in [0.4, 0.5) is 8.78 Å². The molecule has 1 atom stereocenters. The Bertz CT molecular complexity index is 733. The van der Waals surface area contributed by atoms with Gasteiger partial charge in [-0.25, -0.2) is 8.78 Å². The van der Waals surface area contributed by atoms with Crippen LogP contribution < -0.4 is 0 Å². The van der Waals surface area contributed by atoms with E-state index >= 15 is 0 Å². The highest BCUT2D eigenvalue weighted by molar-refractivity contribution is 5.32. The van der Waals surface area contributed by atoms with Crippen LogP contribution in [0, 0.1) is 35.3 Å². The maximum absolute atomic E-state index is 14.4. The Morgan fingerprint density at radius 2 is 1.28 bits per heavy atom. The molecule has 5 rings (SSSR count). The first kappa shape index (κ1) is 22.7. The zero-order valence-electron chi connectivity index (χ0n) is 19.4. The normalized spacial score (nSPS) is 37.9. The monoisotopic (exact) mass is 448 g/mol. The van der Waals surface area contributed by atoms with Crippen LogP contribution in [0.25, 0.3) is 0 Å². The maximum Gasteiger partial charge on any atom is 0.160 e. The van der Waals surface area contributed by atoms with E-state index in [9.17, 15) is 8.78 Å². The Hall–Kier alpha value is -1.04. The lowest BCUT2D eigenvalue weighted by molar-refractivity contribution is -0.230. The second kappa shape index (κ2) is 10.1. The minimum Gasteiger partial charge on any atom is -0.368 e. The molecule has 32 heavy (non-hydrogen) atoms. The Morgan fingerprint density at radius 3 is 1.81 bits per heavy atom. The molecule has 0 aromatic heterocycles. The Kier molecular flexibility index (Phi) is 7.15. The molecule has 3 nitrogen and oxygen atoms in total. The lowest BCUT2D eigenvalue weighted by Crippen LogP contribution is -2.39. The van der Waals surface area contributed by atoms with Crippen LogP contribution in [0.2, 0.25) is 0 Å². The Morgan fingerprint density at radius 1 is 0.750 bits per heavy atom. The standard InChI is InChI=1S/C27H38F2O3/c1-2-3-17-14-31-27(32-15-17)21-10-8-19(9-11-21)18-4-6-20(7-5-18)22-12-23(28)26(24(29)13-22)25-16-30-25/h12-13,17-21,25,27H,2-11,14-16H2,1H3. The van der Waals surface area contributed by atoms with Gasteiger partial charge >= 0.3 is 0 Å². The number of rotatable bonds is 6. The number of halogens is 2. The highest BCUT2D eigenvalue weighted by Crippen LogP contribution is 2.45. The summed E-state index contributed by atoms with van der Waals surface area (Å²) in [7, 11) is 0. The molecule has 1 aromatic rings. The van der Waals surface area contributed by atoms with E-state index in [1.54, 1.807) is 12.1 Å². The summed E-state index contributed by atoms with van der Waals surface area (Å²) in [4.78, 5) is 0. The predicted molar refractivity (Wildman–Crippen MR) is 119 cm³/mol. The van der Waals surface area contributed by atoms with Crippen molar-refractivity contribution in [2.75, 3.05) is 19.8 Å². The molecule has 0 N–H and O–H groups in total. The molecule has 0 spiro atoms. The number of ether oxygens (including phenoxy) is 3. The minimum atomic E-state index is -0.434. The van der Waals surface area contributed by atoms with Gasteiger partial charge in [-0.3, -0.25) is 0 Å². The molecular formula is C27H38F2O3. The van der Waals surface area contributed by atoms with Crippen LogP contribution in [-0.4, -0.2) is 26.1 Å². The van der Waals surface area contributed by atoms with Crippen molar-refractivity contribution in [1.82, 2.24) is 0 Å².